The lowest BCUT2D eigenvalue weighted by Gasteiger charge is -2.34. The molecule has 0 spiro atoms. The van der Waals surface area contributed by atoms with Crippen molar-refractivity contribution in [3.63, 3.8) is 0 Å². The fraction of sp³-hybridized carbons (Fsp3) is 0.417. The first kappa shape index (κ1) is 13.6. The van der Waals surface area contributed by atoms with E-state index in [2.05, 4.69) is 0 Å². The van der Waals surface area contributed by atoms with Gasteiger partial charge in [-0.2, -0.15) is 0 Å². The maximum absolute atomic E-state index is 13.4. The molecule has 1 aromatic rings. The molecule has 2 N–H and O–H groups in total. The summed E-state index contributed by atoms with van der Waals surface area (Å²) in [4.78, 5) is 13.3. The van der Waals surface area contributed by atoms with Gasteiger partial charge in [0, 0.05) is 25.2 Å². The number of halogens is 2. The Kier molecular flexibility index (Phi) is 3.83. The molecule has 3 nitrogen and oxygen atoms in total. The molecule has 1 rings (SSSR count). The number of carbonyl (C=O) groups excluding carboxylic acids is 1. The molecule has 0 fully saturated rings. The second kappa shape index (κ2) is 4.79. The van der Waals surface area contributed by atoms with Gasteiger partial charge in [-0.05, 0) is 26.0 Å². The summed E-state index contributed by atoms with van der Waals surface area (Å²) in [6.07, 6.45) is 0. The quantitative estimate of drug-likeness (QED) is 0.878. The van der Waals surface area contributed by atoms with Crippen LogP contribution in [-0.2, 0) is 0 Å². The molecule has 0 aliphatic rings. The van der Waals surface area contributed by atoms with Gasteiger partial charge in [-0.3, -0.25) is 4.79 Å². The Morgan fingerprint density at radius 2 is 2.00 bits per heavy atom. The molecular formula is C12H16F2N2O. The Labute approximate surface area is 99.2 Å². The van der Waals surface area contributed by atoms with E-state index in [-0.39, 0.29) is 12.1 Å². The Morgan fingerprint density at radius 3 is 2.47 bits per heavy atom. The van der Waals surface area contributed by atoms with Gasteiger partial charge >= 0.3 is 0 Å². The topological polar surface area (TPSA) is 46.3 Å². The summed E-state index contributed by atoms with van der Waals surface area (Å²) in [6, 6.07) is 2.88. The smallest absolute Gasteiger partial charge is 0.257 e. The lowest BCUT2D eigenvalue weighted by atomic mass is 10.0. The van der Waals surface area contributed by atoms with Crippen LogP contribution in [0.15, 0.2) is 18.2 Å². The molecule has 0 aliphatic carbocycles. The SMILES string of the molecule is CN(C(=O)c1ccc(F)cc1F)C(C)(C)CN. The van der Waals surface area contributed by atoms with Crippen LogP contribution in [0.5, 0.6) is 0 Å². The maximum Gasteiger partial charge on any atom is 0.257 e. The van der Waals surface area contributed by atoms with Crippen LogP contribution in [-0.4, -0.2) is 29.9 Å². The number of hydrogen-bond donors (Lipinski definition) is 1. The average Bonchev–Trinajstić information content (AvgIpc) is 2.27. The molecule has 0 radical (unpaired) electrons. The van der Waals surface area contributed by atoms with Gasteiger partial charge in [-0.15, -0.1) is 0 Å². The molecule has 0 aromatic heterocycles. The zero-order valence-electron chi connectivity index (χ0n) is 10.1. The van der Waals surface area contributed by atoms with Crippen LogP contribution in [0.4, 0.5) is 8.78 Å². The average molecular weight is 242 g/mol. The monoisotopic (exact) mass is 242 g/mol. The molecule has 5 heteroatoms. The zero-order chi connectivity index (χ0) is 13.2. The van der Waals surface area contributed by atoms with Crippen LogP contribution in [0.25, 0.3) is 0 Å². The van der Waals surface area contributed by atoms with Crippen molar-refractivity contribution < 1.29 is 13.6 Å². The number of amides is 1. The fourth-order valence-corrected chi connectivity index (χ4v) is 1.26. The van der Waals surface area contributed by atoms with Gasteiger partial charge in [-0.25, -0.2) is 8.78 Å². The summed E-state index contributed by atoms with van der Waals surface area (Å²) in [5.74, 6) is -2.09. The maximum atomic E-state index is 13.4. The first-order chi connectivity index (χ1) is 7.79. The number of carbonyl (C=O) groups is 1. The molecule has 0 saturated carbocycles. The first-order valence-corrected chi connectivity index (χ1v) is 5.23. The van der Waals surface area contributed by atoms with E-state index < -0.39 is 23.1 Å². The molecule has 0 bridgehead atoms. The highest BCUT2D eigenvalue weighted by atomic mass is 19.1. The number of rotatable bonds is 3. The van der Waals surface area contributed by atoms with E-state index in [1.165, 1.54) is 11.9 Å². The Bertz CT molecular complexity index is 433. The highest BCUT2D eigenvalue weighted by molar-refractivity contribution is 5.94. The minimum absolute atomic E-state index is 0.157. The number of nitrogens with two attached hydrogens (primary N) is 1. The summed E-state index contributed by atoms with van der Waals surface area (Å²) in [5, 5.41) is 0. The van der Waals surface area contributed by atoms with Crippen LogP contribution in [0.2, 0.25) is 0 Å². The molecule has 0 atom stereocenters. The number of nitrogens with zero attached hydrogens (tertiary/aromatic N) is 1. The number of likely N-dealkylation sites (N-methyl/N-ethyl adjacent to an activating group) is 1. The zero-order valence-corrected chi connectivity index (χ0v) is 10.1. The van der Waals surface area contributed by atoms with Gasteiger partial charge in [0.2, 0.25) is 0 Å². The van der Waals surface area contributed by atoms with Crippen molar-refractivity contribution in [2.24, 2.45) is 5.73 Å². The first-order valence-electron chi connectivity index (χ1n) is 5.23. The minimum Gasteiger partial charge on any atom is -0.335 e. The fourth-order valence-electron chi connectivity index (χ4n) is 1.26. The summed E-state index contributed by atoms with van der Waals surface area (Å²) >= 11 is 0. The van der Waals surface area contributed by atoms with E-state index in [1.54, 1.807) is 13.8 Å². The van der Waals surface area contributed by atoms with E-state index >= 15 is 0 Å². The normalized spacial score (nSPS) is 11.4. The second-order valence-corrected chi connectivity index (χ2v) is 4.50. The van der Waals surface area contributed by atoms with Crippen LogP contribution in [0.3, 0.4) is 0 Å². The van der Waals surface area contributed by atoms with Gasteiger partial charge in [-0.1, -0.05) is 0 Å². The molecular weight excluding hydrogens is 226 g/mol. The highest BCUT2D eigenvalue weighted by Gasteiger charge is 2.28. The van der Waals surface area contributed by atoms with Crippen molar-refractivity contribution in [3.05, 3.63) is 35.4 Å². The molecule has 17 heavy (non-hydrogen) atoms. The van der Waals surface area contributed by atoms with Crippen molar-refractivity contribution in [1.82, 2.24) is 4.90 Å². The summed E-state index contributed by atoms with van der Waals surface area (Å²) in [7, 11) is 1.54. The third-order valence-corrected chi connectivity index (χ3v) is 2.87. The molecule has 0 saturated heterocycles. The van der Waals surface area contributed by atoms with Gasteiger partial charge < -0.3 is 10.6 Å². The van der Waals surface area contributed by atoms with Gasteiger partial charge in [0.05, 0.1) is 5.56 Å². The van der Waals surface area contributed by atoms with Crippen LogP contribution >= 0.6 is 0 Å². The Hall–Kier alpha value is -1.49. The van der Waals surface area contributed by atoms with Crippen molar-refractivity contribution >= 4 is 5.91 Å². The third kappa shape index (κ3) is 2.79. The van der Waals surface area contributed by atoms with Crippen LogP contribution in [0, 0.1) is 11.6 Å². The standard InChI is InChI=1S/C12H16F2N2O/c1-12(2,7-15)16(3)11(17)9-5-4-8(13)6-10(9)14/h4-6H,7,15H2,1-3H3. The van der Waals surface area contributed by atoms with E-state index in [1.807, 2.05) is 0 Å². The minimum atomic E-state index is -0.866. The van der Waals surface area contributed by atoms with Crippen molar-refractivity contribution in [2.45, 2.75) is 19.4 Å². The Balaban J connectivity index is 3.05. The van der Waals surface area contributed by atoms with E-state index in [0.29, 0.717) is 6.07 Å². The van der Waals surface area contributed by atoms with Crippen molar-refractivity contribution in [1.29, 1.82) is 0 Å². The van der Waals surface area contributed by atoms with Gasteiger partial charge in [0.15, 0.2) is 0 Å². The molecule has 0 heterocycles. The lowest BCUT2D eigenvalue weighted by molar-refractivity contribution is 0.0635. The van der Waals surface area contributed by atoms with E-state index in [9.17, 15) is 13.6 Å². The number of benzene rings is 1. The second-order valence-electron chi connectivity index (χ2n) is 4.50. The Morgan fingerprint density at radius 1 is 1.41 bits per heavy atom. The van der Waals surface area contributed by atoms with Crippen molar-refractivity contribution in [3.8, 4) is 0 Å². The summed E-state index contributed by atoms with van der Waals surface area (Å²) in [5.41, 5.74) is 4.80. The molecule has 0 unspecified atom stereocenters. The predicted molar refractivity (Wildman–Crippen MR) is 61.6 cm³/mol. The van der Waals surface area contributed by atoms with Crippen molar-refractivity contribution in [2.75, 3.05) is 13.6 Å². The largest absolute Gasteiger partial charge is 0.335 e. The van der Waals surface area contributed by atoms with E-state index in [4.69, 9.17) is 5.73 Å². The summed E-state index contributed by atoms with van der Waals surface area (Å²) in [6.45, 7) is 3.79. The van der Waals surface area contributed by atoms with Gasteiger partial charge in [0.1, 0.15) is 11.6 Å². The predicted octanol–water partition coefficient (Wildman–Crippen LogP) is 1.77. The molecule has 1 aromatic carbocycles. The third-order valence-electron chi connectivity index (χ3n) is 2.87. The molecule has 1 amide bonds. The lowest BCUT2D eigenvalue weighted by Crippen LogP contribution is -2.50. The summed E-state index contributed by atoms with van der Waals surface area (Å²) < 4.78 is 26.2. The van der Waals surface area contributed by atoms with Gasteiger partial charge in [0.25, 0.3) is 5.91 Å². The van der Waals surface area contributed by atoms with E-state index in [0.717, 1.165) is 12.1 Å². The molecule has 94 valence electrons. The van der Waals surface area contributed by atoms with Crippen LogP contribution < -0.4 is 5.73 Å². The molecule has 0 aliphatic heterocycles. The highest BCUT2D eigenvalue weighted by Crippen LogP contribution is 2.17. The van der Waals surface area contributed by atoms with Crippen LogP contribution in [0.1, 0.15) is 24.2 Å². The number of hydrogen-bond acceptors (Lipinski definition) is 2.